The Morgan fingerprint density at radius 1 is 1.00 bits per heavy atom. The molecule has 0 aliphatic heterocycles. The number of nitrogens with zero attached hydrogens (tertiary/aromatic N) is 6. The van der Waals surface area contributed by atoms with E-state index in [1.807, 2.05) is 24.3 Å². The van der Waals surface area contributed by atoms with Crippen LogP contribution in [-0.2, 0) is 24.2 Å². The van der Waals surface area contributed by atoms with Gasteiger partial charge in [-0.3, -0.25) is 10.1 Å². The van der Waals surface area contributed by atoms with Gasteiger partial charge in [-0.05, 0) is 24.5 Å². The van der Waals surface area contributed by atoms with Crippen LogP contribution >= 0.6 is 23.1 Å². The molecule has 0 radical (unpaired) electrons. The van der Waals surface area contributed by atoms with Gasteiger partial charge in [0.15, 0.2) is 5.65 Å². The monoisotopic (exact) mass is 489 g/mol. The van der Waals surface area contributed by atoms with Crippen molar-refractivity contribution in [2.24, 2.45) is 0 Å². The fraction of sp³-hybridized carbons (Fsp3) is 0.250. The lowest BCUT2D eigenvalue weighted by Gasteiger charge is -2.07. The summed E-state index contributed by atoms with van der Waals surface area (Å²) in [5, 5.41) is 22.6. The summed E-state index contributed by atoms with van der Waals surface area (Å²) in [4.78, 5) is 17.2. The van der Waals surface area contributed by atoms with E-state index >= 15 is 0 Å². The highest BCUT2D eigenvalue weighted by molar-refractivity contribution is 7.99. The van der Waals surface area contributed by atoms with Crippen molar-refractivity contribution in [3.8, 4) is 0 Å². The minimum atomic E-state index is -0.169. The van der Waals surface area contributed by atoms with Crippen LogP contribution < -0.4 is 5.32 Å². The third-order valence-corrected chi connectivity index (χ3v) is 7.07. The molecular weight excluding hydrogens is 466 g/mol. The predicted molar refractivity (Wildman–Crippen MR) is 136 cm³/mol. The number of thioether (sulfide) groups is 1. The van der Waals surface area contributed by atoms with Gasteiger partial charge in [0.1, 0.15) is 10.5 Å². The molecule has 3 aromatic heterocycles. The Hall–Kier alpha value is -3.37. The summed E-state index contributed by atoms with van der Waals surface area (Å²) in [7, 11) is 0. The molecule has 0 saturated heterocycles. The first-order valence-electron chi connectivity index (χ1n) is 11.1. The molecule has 0 spiro atoms. The van der Waals surface area contributed by atoms with Crippen LogP contribution in [0.3, 0.4) is 0 Å². The van der Waals surface area contributed by atoms with E-state index in [0.717, 1.165) is 52.9 Å². The number of amides is 1. The standard InChI is InChI=1S/C24H23N7OS2/c1-2-8-20-27-30-24(34-20)25-19(32)15-33-23-26-22-21(28-29-23)17-11-6-7-12-18(17)31(22)14-13-16-9-4-3-5-10-16/h3-7,9-12H,2,8,13-15H2,1H3,(H,25,30,32). The molecule has 5 aromatic rings. The van der Waals surface area contributed by atoms with Crippen molar-refractivity contribution in [2.45, 2.75) is 37.9 Å². The molecule has 0 aliphatic rings. The number of aryl methyl sites for hydroxylation is 3. The maximum atomic E-state index is 12.4. The molecule has 1 N–H and O–H groups in total. The van der Waals surface area contributed by atoms with Crippen molar-refractivity contribution in [1.29, 1.82) is 0 Å². The molecule has 0 bridgehead atoms. The van der Waals surface area contributed by atoms with Gasteiger partial charge in [0, 0.05) is 18.4 Å². The highest BCUT2D eigenvalue weighted by Crippen LogP contribution is 2.27. The predicted octanol–water partition coefficient (Wildman–Crippen LogP) is 4.76. The second-order valence-corrected chi connectivity index (χ2v) is 9.76. The van der Waals surface area contributed by atoms with E-state index in [1.165, 1.54) is 28.7 Å². The first kappa shape index (κ1) is 22.4. The number of benzene rings is 2. The van der Waals surface area contributed by atoms with Crippen LogP contribution in [0.4, 0.5) is 5.13 Å². The van der Waals surface area contributed by atoms with Gasteiger partial charge in [0.05, 0.1) is 11.3 Å². The van der Waals surface area contributed by atoms with Crippen molar-refractivity contribution >= 4 is 56.2 Å². The van der Waals surface area contributed by atoms with Crippen molar-refractivity contribution in [3.05, 3.63) is 65.2 Å². The number of carbonyl (C=O) groups is 1. The molecule has 0 fully saturated rings. The molecule has 0 aliphatic carbocycles. The zero-order valence-corrected chi connectivity index (χ0v) is 20.3. The van der Waals surface area contributed by atoms with Crippen LogP contribution in [0, 0.1) is 0 Å². The van der Waals surface area contributed by atoms with E-state index in [9.17, 15) is 4.79 Å². The van der Waals surface area contributed by atoms with Crippen LogP contribution in [0.15, 0.2) is 59.8 Å². The third kappa shape index (κ3) is 4.92. The summed E-state index contributed by atoms with van der Waals surface area (Å²) < 4.78 is 2.19. The molecule has 3 heterocycles. The van der Waals surface area contributed by atoms with E-state index in [2.05, 4.69) is 67.5 Å². The maximum absolute atomic E-state index is 12.4. The Bertz CT molecular complexity index is 1430. The largest absolute Gasteiger partial charge is 0.323 e. The fourth-order valence-electron chi connectivity index (χ4n) is 3.77. The first-order valence-corrected chi connectivity index (χ1v) is 12.9. The van der Waals surface area contributed by atoms with Gasteiger partial charge in [0.25, 0.3) is 0 Å². The SMILES string of the molecule is CCCc1nnc(NC(=O)CSc2nnc3c4ccccc4n(CCc4ccccc4)c3n2)s1. The normalized spacial score (nSPS) is 11.3. The number of fused-ring (bicyclic) bond motifs is 3. The summed E-state index contributed by atoms with van der Waals surface area (Å²) in [6.07, 6.45) is 2.73. The third-order valence-electron chi connectivity index (χ3n) is 5.33. The summed E-state index contributed by atoms with van der Waals surface area (Å²) in [6.45, 7) is 2.86. The Labute approximate surface area is 204 Å². The Balaban J connectivity index is 1.34. The molecule has 0 atom stereocenters. The van der Waals surface area contributed by atoms with E-state index in [-0.39, 0.29) is 11.7 Å². The van der Waals surface area contributed by atoms with Crippen molar-refractivity contribution in [3.63, 3.8) is 0 Å². The minimum absolute atomic E-state index is 0.167. The number of carbonyl (C=O) groups excluding carboxylic acids is 1. The van der Waals surface area contributed by atoms with Gasteiger partial charge in [-0.1, -0.05) is 78.6 Å². The zero-order valence-electron chi connectivity index (χ0n) is 18.6. The molecule has 1 amide bonds. The maximum Gasteiger partial charge on any atom is 0.236 e. The second-order valence-electron chi connectivity index (χ2n) is 7.76. The van der Waals surface area contributed by atoms with Gasteiger partial charge in [-0.15, -0.1) is 20.4 Å². The smallest absolute Gasteiger partial charge is 0.236 e. The number of hydrogen-bond acceptors (Lipinski definition) is 8. The van der Waals surface area contributed by atoms with Crippen LogP contribution in [0.25, 0.3) is 22.1 Å². The summed E-state index contributed by atoms with van der Waals surface area (Å²) in [5.41, 5.74) is 3.90. The number of rotatable bonds is 9. The molecule has 0 saturated carbocycles. The van der Waals surface area contributed by atoms with Crippen molar-refractivity contribution in [2.75, 3.05) is 11.1 Å². The minimum Gasteiger partial charge on any atom is -0.323 e. The van der Waals surface area contributed by atoms with E-state index in [1.54, 1.807) is 0 Å². The number of hydrogen-bond donors (Lipinski definition) is 1. The first-order chi connectivity index (χ1) is 16.7. The second kappa shape index (κ2) is 10.3. The van der Waals surface area contributed by atoms with Crippen LogP contribution in [0.5, 0.6) is 0 Å². The van der Waals surface area contributed by atoms with Crippen LogP contribution in [-0.4, -0.2) is 41.6 Å². The van der Waals surface area contributed by atoms with Gasteiger partial charge in [-0.25, -0.2) is 4.98 Å². The lowest BCUT2D eigenvalue weighted by atomic mass is 10.1. The molecule has 8 nitrogen and oxygen atoms in total. The fourth-order valence-corrected chi connectivity index (χ4v) is 5.21. The zero-order chi connectivity index (χ0) is 23.3. The Kier molecular flexibility index (Phi) is 6.77. The lowest BCUT2D eigenvalue weighted by molar-refractivity contribution is -0.113. The number of anilines is 1. The molecule has 172 valence electrons. The van der Waals surface area contributed by atoms with E-state index in [0.29, 0.717) is 10.3 Å². The van der Waals surface area contributed by atoms with Crippen LogP contribution in [0.2, 0.25) is 0 Å². The van der Waals surface area contributed by atoms with Crippen LogP contribution in [0.1, 0.15) is 23.9 Å². The van der Waals surface area contributed by atoms with Crippen molar-refractivity contribution < 1.29 is 4.79 Å². The molecule has 10 heteroatoms. The average Bonchev–Trinajstić information content (AvgIpc) is 3.44. The summed E-state index contributed by atoms with van der Waals surface area (Å²) in [6, 6.07) is 18.5. The molecule has 5 rings (SSSR count). The summed E-state index contributed by atoms with van der Waals surface area (Å²) >= 11 is 2.67. The molecule has 2 aromatic carbocycles. The van der Waals surface area contributed by atoms with Gasteiger partial charge in [-0.2, -0.15) is 0 Å². The average molecular weight is 490 g/mol. The molecule has 0 unspecified atom stereocenters. The number of para-hydroxylation sites is 1. The quantitative estimate of drug-likeness (QED) is 0.298. The van der Waals surface area contributed by atoms with Gasteiger partial charge < -0.3 is 4.57 Å². The van der Waals surface area contributed by atoms with Crippen molar-refractivity contribution in [1.82, 2.24) is 29.9 Å². The number of nitrogens with one attached hydrogen (secondary N) is 1. The molecule has 34 heavy (non-hydrogen) atoms. The summed E-state index contributed by atoms with van der Waals surface area (Å²) in [5.74, 6) is -0.00218. The van der Waals surface area contributed by atoms with Gasteiger partial charge in [0.2, 0.25) is 16.2 Å². The number of aromatic nitrogens is 6. The van der Waals surface area contributed by atoms with E-state index < -0.39 is 0 Å². The van der Waals surface area contributed by atoms with E-state index in [4.69, 9.17) is 4.98 Å². The highest BCUT2D eigenvalue weighted by Gasteiger charge is 2.16. The lowest BCUT2D eigenvalue weighted by Crippen LogP contribution is -2.14. The van der Waals surface area contributed by atoms with Gasteiger partial charge >= 0.3 is 0 Å². The Morgan fingerprint density at radius 3 is 2.68 bits per heavy atom. The highest BCUT2D eigenvalue weighted by atomic mass is 32.2. The molecular formula is C24H23N7OS2. The topological polar surface area (TPSA) is 98.5 Å². The Morgan fingerprint density at radius 2 is 1.82 bits per heavy atom.